The van der Waals surface area contributed by atoms with Crippen molar-refractivity contribution in [3.8, 4) is 0 Å². The smallest absolute Gasteiger partial charge is 0.306 e. The van der Waals surface area contributed by atoms with E-state index < -0.39 is 183 Å². The summed E-state index contributed by atoms with van der Waals surface area (Å²) in [5.41, 5.74) is 0. The Labute approximate surface area is 798 Å². The molecule has 0 radical (unpaired) electrons. The average Bonchev–Trinajstić information content (AvgIpc) is 0.850. The zero-order chi connectivity index (χ0) is 101. The van der Waals surface area contributed by atoms with E-state index in [1.807, 2.05) is 62.3 Å². The second-order valence-corrected chi connectivity index (χ2v) is 38.6. The molecule has 0 aliphatic heterocycles. The zero-order valence-corrected chi connectivity index (χ0v) is 86.0. The molecule has 780 valence electrons. The topological polar surface area (TPSA) is 489 Å². The number of rotatable bonds is 81. The van der Waals surface area contributed by atoms with Gasteiger partial charge in [-0.05, 0) is 203 Å². The highest BCUT2D eigenvalue weighted by Gasteiger charge is 2.40. The van der Waals surface area contributed by atoms with Crippen molar-refractivity contribution in [3.05, 3.63) is 0 Å². The van der Waals surface area contributed by atoms with Gasteiger partial charge in [-0.3, -0.25) is 47.9 Å². The van der Waals surface area contributed by atoms with Crippen LogP contribution in [0.1, 0.15) is 384 Å². The van der Waals surface area contributed by atoms with Gasteiger partial charge in [0.1, 0.15) is 55.9 Å². The first-order valence-electron chi connectivity index (χ1n) is 50.5. The van der Waals surface area contributed by atoms with Gasteiger partial charge in [0.05, 0.1) is 85.5 Å². The van der Waals surface area contributed by atoms with E-state index in [1.165, 1.54) is 20.8 Å². The van der Waals surface area contributed by atoms with Gasteiger partial charge in [-0.1, -0.05) is 136 Å². The Balaban J connectivity index is 6.72. The van der Waals surface area contributed by atoms with E-state index in [4.69, 9.17) is 47.4 Å². The summed E-state index contributed by atoms with van der Waals surface area (Å²) in [5, 5.41) is 102. The minimum absolute atomic E-state index is 0.00707. The zero-order valence-electron chi connectivity index (χ0n) is 86.0. The molecule has 0 spiro atoms. The molecule has 0 bridgehead atoms. The fourth-order valence-electron chi connectivity index (χ4n) is 15.1. The maximum atomic E-state index is 13.7. The Morgan fingerprint density at radius 3 is 0.714 bits per heavy atom. The minimum atomic E-state index is -1.45. The van der Waals surface area contributed by atoms with Crippen LogP contribution in [0.5, 0.6) is 0 Å². The molecule has 7 amide bonds. The van der Waals surface area contributed by atoms with Crippen LogP contribution in [0.3, 0.4) is 0 Å². The molecule has 0 aliphatic carbocycles. The number of unbranched alkanes of at least 4 members (excludes halogenated alkanes) is 16. The molecule has 34 heteroatoms. The molecule has 0 rings (SSSR count). The number of hydrogen-bond acceptors (Lipinski definition) is 27. The van der Waals surface area contributed by atoms with Crippen molar-refractivity contribution < 1.29 is 131 Å². The summed E-state index contributed by atoms with van der Waals surface area (Å²) in [7, 11) is 0. The van der Waals surface area contributed by atoms with E-state index in [9.17, 15) is 83.7 Å². The van der Waals surface area contributed by atoms with Gasteiger partial charge in [0.2, 0.25) is 41.4 Å². The van der Waals surface area contributed by atoms with Crippen molar-refractivity contribution in [3.63, 3.8) is 0 Å². The highest BCUT2D eigenvalue weighted by Crippen LogP contribution is 2.29. The van der Waals surface area contributed by atoms with E-state index in [2.05, 4.69) is 44.1 Å². The lowest BCUT2D eigenvalue weighted by Gasteiger charge is -2.35. The Morgan fingerprint density at radius 2 is 0.436 bits per heavy atom. The first-order valence-corrected chi connectivity index (χ1v) is 50.5. The van der Waals surface area contributed by atoms with Gasteiger partial charge in [-0.25, -0.2) is 0 Å². The van der Waals surface area contributed by atoms with Crippen LogP contribution in [0.4, 0.5) is 0 Å². The fraction of sp³-hybridized carbons (Fsp3) is 0.899. The molecule has 0 aromatic heterocycles. The first kappa shape index (κ1) is 127. The number of carbonyl (C=O) groups is 10. The number of amides is 7. The van der Waals surface area contributed by atoms with Gasteiger partial charge in [0, 0.05) is 87.2 Å². The Hall–Kier alpha value is -5.86. The lowest BCUT2D eigenvalue weighted by molar-refractivity contribution is -0.167. The van der Waals surface area contributed by atoms with Gasteiger partial charge in [0.15, 0.2) is 6.10 Å². The standard InChI is InChI=1S/C99H187N7O27/c1-25-28-39-47-77(108)87(130-72(22)97(121)104-65(12)13)56-81(112)85(128-70(20)95(119)102-63(8)9)51-43-34-31-37-45-53-91(115)125-60-75(133-92(116)54-46-38-32-35-42-50-84(127-69(19)94(118)101-62(6)7)80(111)55-79(110)83(49-40-29-26-2)126-68(18)93(117)100-61(4)5)59-124-90(114)52-44-36-30-33-41-48-78(109)88(131-73(23)98(122)105-66(14)15)58-89(132-74(24)99(123)106-67(16)17)82(113)57-86(76(107)27-3)129-71(21)96(120)103-64(10)11/h61-89,107-113H,25-60H2,1-24H3,(H,100,117)(H,101,118)(H,102,119)(H,103,120)(H,104,121)(H,105,122)(H,106,123). The molecule has 0 aliphatic rings. The Bertz CT molecular complexity index is 3140. The van der Waals surface area contributed by atoms with Crippen LogP contribution in [0.25, 0.3) is 0 Å². The highest BCUT2D eigenvalue weighted by atomic mass is 16.6. The molecular formula is C99H187N7O27. The maximum absolute atomic E-state index is 13.7. The second-order valence-electron chi connectivity index (χ2n) is 38.6. The third-order valence-electron chi connectivity index (χ3n) is 22.5. The maximum Gasteiger partial charge on any atom is 0.306 e. The summed E-state index contributed by atoms with van der Waals surface area (Å²) in [6.07, 6.45) is -8.46. The molecule has 133 heavy (non-hydrogen) atoms. The molecule has 0 aromatic carbocycles. The minimum Gasteiger partial charge on any atom is -0.462 e. The molecule has 0 heterocycles. The summed E-state index contributed by atoms with van der Waals surface area (Å²) in [4.78, 5) is 132. The van der Waals surface area contributed by atoms with Crippen molar-refractivity contribution >= 4 is 59.3 Å². The average molecular weight is 1910 g/mol. The lowest BCUT2D eigenvalue weighted by Crippen LogP contribution is -2.49. The van der Waals surface area contributed by atoms with E-state index in [0.717, 1.165) is 32.1 Å². The van der Waals surface area contributed by atoms with Crippen molar-refractivity contribution in [2.75, 3.05) is 13.2 Å². The summed E-state index contributed by atoms with van der Waals surface area (Å²) in [5.74, 6) is -4.51. The van der Waals surface area contributed by atoms with Crippen LogP contribution in [-0.4, -0.2) is 285 Å². The second kappa shape index (κ2) is 73.3. The van der Waals surface area contributed by atoms with Gasteiger partial charge in [-0.15, -0.1) is 0 Å². The predicted molar refractivity (Wildman–Crippen MR) is 511 cm³/mol. The first-order chi connectivity index (χ1) is 62.5. The predicted octanol–water partition coefficient (Wildman–Crippen LogP) is 10.9. The summed E-state index contributed by atoms with van der Waals surface area (Å²) in [6, 6.07) is -1.30. The van der Waals surface area contributed by atoms with Gasteiger partial charge >= 0.3 is 17.9 Å². The third-order valence-corrected chi connectivity index (χ3v) is 22.5. The summed E-state index contributed by atoms with van der Waals surface area (Å²) in [6.45, 7) is 41.4. The largest absolute Gasteiger partial charge is 0.462 e. The molecule has 0 saturated heterocycles. The number of aliphatic hydroxyl groups excluding tert-OH is 7. The summed E-state index contributed by atoms with van der Waals surface area (Å²) >= 11 is 0. The van der Waals surface area contributed by atoms with Crippen molar-refractivity contribution in [1.29, 1.82) is 0 Å². The molecule has 0 aromatic rings. The number of ether oxygens (including phenoxy) is 10. The summed E-state index contributed by atoms with van der Waals surface area (Å²) < 4.78 is 60.7. The molecule has 22 unspecified atom stereocenters. The van der Waals surface area contributed by atoms with E-state index in [1.54, 1.807) is 76.2 Å². The lowest BCUT2D eigenvalue weighted by atomic mass is 9.94. The number of hydrogen-bond donors (Lipinski definition) is 14. The normalized spacial score (nSPS) is 17.0. The van der Waals surface area contributed by atoms with Crippen LogP contribution in [0.2, 0.25) is 0 Å². The Morgan fingerprint density at radius 1 is 0.226 bits per heavy atom. The van der Waals surface area contributed by atoms with E-state index >= 15 is 0 Å². The highest BCUT2D eigenvalue weighted by molar-refractivity contribution is 5.83. The number of esters is 3. The number of nitrogens with one attached hydrogen (secondary N) is 7. The molecule has 0 fully saturated rings. The van der Waals surface area contributed by atoms with Crippen LogP contribution < -0.4 is 37.2 Å². The third kappa shape index (κ3) is 61.3. The molecule has 14 N–H and O–H groups in total. The van der Waals surface area contributed by atoms with Crippen LogP contribution >= 0.6 is 0 Å². The van der Waals surface area contributed by atoms with Crippen molar-refractivity contribution in [2.45, 2.75) is 561 Å². The number of aliphatic hydroxyl groups is 7. The van der Waals surface area contributed by atoms with E-state index in [0.29, 0.717) is 128 Å². The van der Waals surface area contributed by atoms with Crippen molar-refractivity contribution in [2.24, 2.45) is 0 Å². The van der Waals surface area contributed by atoms with Crippen molar-refractivity contribution in [1.82, 2.24) is 37.2 Å². The molecule has 34 nitrogen and oxygen atoms in total. The quantitative estimate of drug-likeness (QED) is 0.0153. The molecular weight excluding hydrogens is 1720 g/mol. The van der Waals surface area contributed by atoms with Gasteiger partial charge in [-0.2, -0.15) is 0 Å². The van der Waals surface area contributed by atoms with Gasteiger partial charge < -0.3 is 120 Å². The van der Waals surface area contributed by atoms with Crippen LogP contribution in [0, 0.1) is 0 Å². The van der Waals surface area contributed by atoms with Crippen LogP contribution in [-0.2, 0) is 95.3 Å². The van der Waals surface area contributed by atoms with Gasteiger partial charge in [0.25, 0.3) is 0 Å². The number of carbonyl (C=O) groups excluding carboxylic acids is 10. The fourth-order valence-corrected chi connectivity index (χ4v) is 15.1. The molecule has 22 atom stereocenters. The SMILES string of the molecule is CCCCCC(O)C(CC(O)C(CCCCCCCC(=O)OCC(COC(=O)CCCCCCCC(O)C(CC(OC(C)C(=O)NC(C)C)C(O)CC(OC(C)C(=O)NC(C)C)C(O)CC)OC(C)C(=O)NC(C)C)OC(=O)CCCCCCCC(OC(C)C(=O)NC(C)C)C(O)CC(O)C(CCCCC)OC(C)C(=O)NC(C)C)OC(C)C(=O)NC(C)C)OC(C)C(=O)NC(C)C. The Kier molecular flexibility index (Phi) is 70.1. The van der Waals surface area contributed by atoms with Crippen LogP contribution in [0.15, 0.2) is 0 Å². The van der Waals surface area contributed by atoms with E-state index in [-0.39, 0.29) is 124 Å². The molecule has 0 saturated carbocycles. The monoisotopic (exact) mass is 1910 g/mol.